The van der Waals surface area contributed by atoms with Crippen LogP contribution in [-0.2, 0) is 0 Å². The van der Waals surface area contributed by atoms with Gasteiger partial charge in [0.05, 0.1) is 12.8 Å². The maximum absolute atomic E-state index is 5.49. The van der Waals surface area contributed by atoms with Crippen molar-refractivity contribution in [2.75, 3.05) is 13.7 Å². The maximum Gasteiger partial charge on any atom is 0.186 e. The minimum atomic E-state index is 0.467. The van der Waals surface area contributed by atoms with Crippen molar-refractivity contribution in [1.29, 1.82) is 0 Å². The van der Waals surface area contributed by atoms with E-state index < -0.39 is 0 Å². The van der Waals surface area contributed by atoms with Crippen molar-refractivity contribution in [3.8, 4) is 5.75 Å². The largest absolute Gasteiger partial charge is 0.493 e. The minimum Gasteiger partial charge on any atom is -0.493 e. The maximum atomic E-state index is 5.49. The highest BCUT2D eigenvalue weighted by atomic mass is 79.9. The molecule has 0 heterocycles. The van der Waals surface area contributed by atoms with Crippen LogP contribution in [-0.4, -0.2) is 25.0 Å². The normalized spacial score (nSPS) is 10.3. The van der Waals surface area contributed by atoms with Crippen LogP contribution < -0.4 is 15.5 Å². The van der Waals surface area contributed by atoms with Crippen molar-refractivity contribution in [3.05, 3.63) is 28.2 Å². The topological polar surface area (TPSA) is 45.6 Å². The Labute approximate surface area is 115 Å². The number of hydrogen-bond acceptors (Lipinski definition) is 3. The average Bonchev–Trinajstić information content (AvgIpc) is 2.32. The highest BCUT2D eigenvalue weighted by Crippen LogP contribution is 2.21. The third kappa shape index (κ3) is 4.70. The molecule has 0 aliphatic heterocycles. The number of ether oxygens (including phenoxy) is 1. The first kappa shape index (κ1) is 13.9. The number of benzene rings is 1. The molecule has 0 saturated carbocycles. The molecule has 0 fully saturated rings. The molecular weight excluding hydrogens is 302 g/mol. The summed E-state index contributed by atoms with van der Waals surface area (Å²) >= 11 is 8.31. The van der Waals surface area contributed by atoms with E-state index in [0.29, 0.717) is 11.7 Å². The number of rotatable bonds is 4. The molecule has 0 aliphatic carbocycles. The number of hydrogen-bond donors (Lipinski definition) is 2. The lowest BCUT2D eigenvalue weighted by atomic mass is 10.2. The molecule has 0 bridgehead atoms. The van der Waals surface area contributed by atoms with Crippen LogP contribution in [0.4, 0.5) is 0 Å². The summed E-state index contributed by atoms with van der Waals surface area (Å²) in [5.74, 6) is 0.789. The fourth-order valence-corrected chi connectivity index (χ4v) is 1.55. The SMILES string of the molecule is CCOc1ccc(Br)cc1C=NNC(=S)NC. The van der Waals surface area contributed by atoms with Gasteiger partial charge < -0.3 is 10.1 Å². The molecule has 0 spiro atoms. The van der Waals surface area contributed by atoms with Crippen molar-refractivity contribution in [3.63, 3.8) is 0 Å². The van der Waals surface area contributed by atoms with Crippen molar-refractivity contribution in [1.82, 2.24) is 10.7 Å². The van der Waals surface area contributed by atoms with Crippen LogP contribution in [0, 0.1) is 0 Å². The van der Waals surface area contributed by atoms with Crippen LogP contribution in [0.2, 0.25) is 0 Å². The predicted molar refractivity (Wildman–Crippen MR) is 77.7 cm³/mol. The summed E-state index contributed by atoms with van der Waals surface area (Å²) in [7, 11) is 1.73. The van der Waals surface area contributed by atoms with Gasteiger partial charge in [0.1, 0.15) is 5.75 Å². The minimum absolute atomic E-state index is 0.467. The molecule has 17 heavy (non-hydrogen) atoms. The van der Waals surface area contributed by atoms with Gasteiger partial charge in [0.15, 0.2) is 5.11 Å². The first-order valence-electron chi connectivity index (χ1n) is 5.10. The number of nitrogens with one attached hydrogen (secondary N) is 2. The Morgan fingerprint density at radius 1 is 1.59 bits per heavy atom. The standard InChI is InChI=1S/C11H14BrN3OS/c1-3-16-10-5-4-9(12)6-8(10)7-14-15-11(17)13-2/h4-7H,3H2,1-2H3,(H2,13,15,17). The van der Waals surface area contributed by atoms with E-state index in [4.69, 9.17) is 17.0 Å². The zero-order valence-corrected chi connectivity index (χ0v) is 12.1. The van der Waals surface area contributed by atoms with E-state index >= 15 is 0 Å². The second kappa shape index (κ2) is 7.24. The monoisotopic (exact) mass is 315 g/mol. The molecule has 0 aliphatic rings. The Kier molecular flexibility index (Phi) is 5.93. The lowest BCUT2D eigenvalue weighted by Crippen LogP contribution is -2.28. The Morgan fingerprint density at radius 2 is 2.35 bits per heavy atom. The molecule has 92 valence electrons. The van der Waals surface area contributed by atoms with Gasteiger partial charge in [0.2, 0.25) is 0 Å². The first-order chi connectivity index (χ1) is 8.17. The Balaban J connectivity index is 2.80. The summed E-state index contributed by atoms with van der Waals surface area (Å²) in [5.41, 5.74) is 3.57. The second-order valence-corrected chi connectivity index (χ2v) is 4.39. The van der Waals surface area contributed by atoms with E-state index in [2.05, 4.69) is 31.8 Å². The summed E-state index contributed by atoms with van der Waals surface area (Å²) in [6.07, 6.45) is 1.67. The second-order valence-electron chi connectivity index (χ2n) is 3.06. The molecule has 0 atom stereocenters. The molecule has 4 nitrogen and oxygen atoms in total. The quantitative estimate of drug-likeness (QED) is 0.508. The third-order valence-corrected chi connectivity index (χ3v) is 2.66. The van der Waals surface area contributed by atoms with Gasteiger partial charge in [-0.3, -0.25) is 5.43 Å². The van der Waals surface area contributed by atoms with Gasteiger partial charge in [-0.05, 0) is 37.3 Å². The highest BCUT2D eigenvalue weighted by molar-refractivity contribution is 9.10. The van der Waals surface area contributed by atoms with E-state index in [1.54, 1.807) is 13.3 Å². The third-order valence-electron chi connectivity index (χ3n) is 1.87. The molecule has 0 saturated heterocycles. The summed E-state index contributed by atoms with van der Waals surface area (Å²) in [5, 5.41) is 7.25. The van der Waals surface area contributed by atoms with E-state index in [1.807, 2.05) is 25.1 Å². The Bertz CT molecular complexity index is 423. The summed E-state index contributed by atoms with van der Waals surface area (Å²) in [4.78, 5) is 0. The fourth-order valence-electron chi connectivity index (χ4n) is 1.12. The zero-order valence-electron chi connectivity index (χ0n) is 9.66. The summed E-state index contributed by atoms with van der Waals surface area (Å²) < 4.78 is 6.46. The lowest BCUT2D eigenvalue weighted by Gasteiger charge is -2.07. The molecule has 6 heteroatoms. The molecule has 0 radical (unpaired) electrons. The van der Waals surface area contributed by atoms with Crippen LogP contribution in [0.3, 0.4) is 0 Å². The molecule has 0 amide bonds. The van der Waals surface area contributed by atoms with Gasteiger partial charge in [0, 0.05) is 17.1 Å². The van der Waals surface area contributed by atoms with E-state index in [9.17, 15) is 0 Å². The van der Waals surface area contributed by atoms with Crippen molar-refractivity contribution in [2.45, 2.75) is 6.92 Å². The van der Waals surface area contributed by atoms with Crippen LogP contribution in [0.1, 0.15) is 12.5 Å². The molecule has 0 aromatic heterocycles. The van der Waals surface area contributed by atoms with E-state index in [1.165, 1.54) is 0 Å². The lowest BCUT2D eigenvalue weighted by molar-refractivity contribution is 0.339. The average molecular weight is 316 g/mol. The number of thiocarbonyl (C=S) groups is 1. The van der Waals surface area contributed by atoms with Crippen molar-refractivity contribution < 1.29 is 4.74 Å². The van der Waals surface area contributed by atoms with E-state index in [-0.39, 0.29) is 0 Å². The summed E-state index contributed by atoms with van der Waals surface area (Å²) in [6, 6.07) is 5.75. The van der Waals surface area contributed by atoms with Gasteiger partial charge in [-0.2, -0.15) is 5.10 Å². The van der Waals surface area contributed by atoms with Crippen LogP contribution in [0.15, 0.2) is 27.8 Å². The van der Waals surface area contributed by atoms with Crippen molar-refractivity contribution in [2.24, 2.45) is 5.10 Å². The highest BCUT2D eigenvalue weighted by Gasteiger charge is 2.01. The smallest absolute Gasteiger partial charge is 0.186 e. The molecule has 1 rings (SSSR count). The Morgan fingerprint density at radius 3 is 3.00 bits per heavy atom. The van der Waals surface area contributed by atoms with Crippen LogP contribution in [0.5, 0.6) is 5.75 Å². The fraction of sp³-hybridized carbons (Fsp3) is 0.273. The molecule has 0 unspecified atom stereocenters. The van der Waals surface area contributed by atoms with Gasteiger partial charge in [-0.25, -0.2) is 0 Å². The molecule has 2 N–H and O–H groups in total. The molecular formula is C11H14BrN3OS. The van der Waals surface area contributed by atoms with Crippen molar-refractivity contribution >= 4 is 39.5 Å². The van der Waals surface area contributed by atoms with Gasteiger partial charge in [-0.15, -0.1) is 0 Å². The first-order valence-corrected chi connectivity index (χ1v) is 6.30. The number of nitrogens with zero attached hydrogens (tertiary/aromatic N) is 1. The molecule has 1 aromatic carbocycles. The number of hydrazone groups is 1. The van der Waals surface area contributed by atoms with Gasteiger partial charge in [0.25, 0.3) is 0 Å². The van der Waals surface area contributed by atoms with Gasteiger partial charge in [-0.1, -0.05) is 15.9 Å². The number of halogens is 1. The van der Waals surface area contributed by atoms with Crippen LogP contribution >= 0.6 is 28.1 Å². The molecule has 1 aromatic rings. The predicted octanol–water partition coefficient (Wildman–Crippen LogP) is 2.28. The Hall–Kier alpha value is -1.14. The zero-order chi connectivity index (χ0) is 12.7. The van der Waals surface area contributed by atoms with E-state index in [0.717, 1.165) is 15.8 Å². The van der Waals surface area contributed by atoms with Crippen LogP contribution in [0.25, 0.3) is 0 Å². The summed E-state index contributed by atoms with van der Waals surface area (Å²) in [6.45, 7) is 2.56. The van der Waals surface area contributed by atoms with Gasteiger partial charge >= 0.3 is 0 Å².